The second-order valence-electron chi connectivity index (χ2n) is 5.09. The minimum atomic E-state index is -0.191. The molecule has 0 aliphatic rings. The molecule has 0 fully saturated rings. The molecule has 122 valence electrons. The highest BCUT2D eigenvalue weighted by atomic mass is 16.3. The SMILES string of the molecule is CNc1cc(-c2cccc(C(=O)NCc3ccco3)c2)nc(N)n1. The maximum absolute atomic E-state index is 12.3. The van der Waals surface area contributed by atoms with E-state index in [0.29, 0.717) is 29.4 Å². The summed E-state index contributed by atoms with van der Waals surface area (Å²) in [5.74, 6) is 1.29. The number of aromatic nitrogens is 2. The van der Waals surface area contributed by atoms with Gasteiger partial charge in [-0.25, -0.2) is 4.98 Å². The molecule has 0 atom stereocenters. The summed E-state index contributed by atoms with van der Waals surface area (Å²) in [7, 11) is 1.75. The molecule has 0 unspecified atom stereocenters. The van der Waals surface area contributed by atoms with Crippen LogP contribution in [0.1, 0.15) is 16.1 Å². The third-order valence-corrected chi connectivity index (χ3v) is 3.42. The van der Waals surface area contributed by atoms with Crippen LogP contribution in [0, 0.1) is 0 Å². The molecule has 1 aromatic carbocycles. The number of nitrogen functional groups attached to an aromatic ring is 1. The van der Waals surface area contributed by atoms with Gasteiger partial charge in [0.1, 0.15) is 11.6 Å². The predicted octanol–water partition coefficient (Wildman–Crippen LogP) is 2.29. The number of rotatable bonds is 5. The van der Waals surface area contributed by atoms with Gasteiger partial charge in [-0.1, -0.05) is 12.1 Å². The Labute approximate surface area is 138 Å². The number of nitrogens with two attached hydrogens (primary N) is 1. The zero-order valence-electron chi connectivity index (χ0n) is 13.1. The van der Waals surface area contributed by atoms with Crippen LogP contribution >= 0.6 is 0 Å². The molecule has 2 heterocycles. The monoisotopic (exact) mass is 323 g/mol. The summed E-state index contributed by atoms with van der Waals surface area (Å²) >= 11 is 0. The number of nitrogens with zero attached hydrogens (tertiary/aromatic N) is 2. The average molecular weight is 323 g/mol. The Bertz CT molecular complexity index is 846. The lowest BCUT2D eigenvalue weighted by Gasteiger charge is -2.08. The molecule has 24 heavy (non-hydrogen) atoms. The van der Waals surface area contributed by atoms with Gasteiger partial charge in [0.2, 0.25) is 5.95 Å². The molecule has 2 aromatic heterocycles. The Morgan fingerprint density at radius 3 is 2.83 bits per heavy atom. The first-order valence-corrected chi connectivity index (χ1v) is 7.39. The molecular weight excluding hydrogens is 306 g/mol. The fraction of sp³-hybridized carbons (Fsp3) is 0.118. The highest BCUT2D eigenvalue weighted by molar-refractivity contribution is 5.95. The van der Waals surface area contributed by atoms with Crippen LogP contribution < -0.4 is 16.4 Å². The van der Waals surface area contributed by atoms with Gasteiger partial charge in [0.05, 0.1) is 18.5 Å². The molecule has 1 amide bonds. The number of hydrogen-bond acceptors (Lipinski definition) is 6. The van der Waals surface area contributed by atoms with E-state index >= 15 is 0 Å². The molecule has 7 heteroatoms. The van der Waals surface area contributed by atoms with E-state index in [2.05, 4.69) is 20.6 Å². The van der Waals surface area contributed by atoms with Gasteiger partial charge in [0.25, 0.3) is 5.91 Å². The third-order valence-electron chi connectivity index (χ3n) is 3.42. The fourth-order valence-corrected chi connectivity index (χ4v) is 2.24. The highest BCUT2D eigenvalue weighted by Gasteiger charge is 2.10. The second-order valence-corrected chi connectivity index (χ2v) is 5.09. The lowest BCUT2D eigenvalue weighted by molar-refractivity contribution is 0.0948. The number of nitrogens with one attached hydrogen (secondary N) is 2. The highest BCUT2D eigenvalue weighted by Crippen LogP contribution is 2.21. The van der Waals surface area contributed by atoms with Gasteiger partial charge in [-0.15, -0.1) is 0 Å². The van der Waals surface area contributed by atoms with E-state index in [-0.39, 0.29) is 11.9 Å². The molecule has 0 radical (unpaired) electrons. The van der Waals surface area contributed by atoms with Crippen molar-refractivity contribution in [1.82, 2.24) is 15.3 Å². The standard InChI is InChI=1S/C17H17N5O2/c1-19-15-9-14(21-17(18)22-15)11-4-2-5-12(8-11)16(23)20-10-13-6-3-7-24-13/h2-9H,10H2,1H3,(H,20,23)(H3,18,19,21,22). The van der Waals surface area contributed by atoms with Crippen LogP contribution in [0.3, 0.4) is 0 Å². The Morgan fingerprint density at radius 1 is 1.21 bits per heavy atom. The van der Waals surface area contributed by atoms with Gasteiger partial charge >= 0.3 is 0 Å². The van der Waals surface area contributed by atoms with Crippen molar-refractivity contribution in [1.29, 1.82) is 0 Å². The average Bonchev–Trinajstić information content (AvgIpc) is 3.12. The van der Waals surface area contributed by atoms with Crippen LogP contribution in [0.15, 0.2) is 53.1 Å². The first-order chi connectivity index (χ1) is 11.7. The molecule has 0 saturated carbocycles. The fourth-order valence-electron chi connectivity index (χ4n) is 2.24. The van der Waals surface area contributed by atoms with Gasteiger partial charge in [-0.05, 0) is 24.3 Å². The summed E-state index contributed by atoms with van der Waals surface area (Å²) in [6, 6.07) is 12.5. The molecule has 4 N–H and O–H groups in total. The largest absolute Gasteiger partial charge is 0.467 e. The summed E-state index contributed by atoms with van der Waals surface area (Å²) < 4.78 is 5.20. The van der Waals surface area contributed by atoms with Crippen molar-refractivity contribution in [2.24, 2.45) is 0 Å². The van der Waals surface area contributed by atoms with E-state index in [9.17, 15) is 4.79 Å². The summed E-state index contributed by atoms with van der Waals surface area (Å²) in [6.45, 7) is 0.334. The molecule has 0 bridgehead atoms. The van der Waals surface area contributed by atoms with E-state index in [1.807, 2.05) is 6.07 Å². The Kier molecular flexibility index (Phi) is 4.42. The topological polar surface area (TPSA) is 106 Å². The van der Waals surface area contributed by atoms with Crippen molar-refractivity contribution in [3.63, 3.8) is 0 Å². The van der Waals surface area contributed by atoms with Crippen LogP contribution in [0.4, 0.5) is 11.8 Å². The van der Waals surface area contributed by atoms with Crippen molar-refractivity contribution in [2.75, 3.05) is 18.1 Å². The first-order valence-electron chi connectivity index (χ1n) is 7.39. The zero-order chi connectivity index (χ0) is 16.9. The Hall–Kier alpha value is -3.35. The molecular formula is C17H17N5O2. The first kappa shape index (κ1) is 15.5. The Balaban J connectivity index is 1.81. The molecule has 3 rings (SSSR count). The molecule has 3 aromatic rings. The molecule has 0 spiro atoms. The van der Waals surface area contributed by atoms with E-state index in [1.54, 1.807) is 49.7 Å². The second kappa shape index (κ2) is 6.82. The van der Waals surface area contributed by atoms with Gasteiger partial charge in [0.15, 0.2) is 0 Å². The summed E-state index contributed by atoms with van der Waals surface area (Å²) in [4.78, 5) is 20.6. The van der Waals surface area contributed by atoms with Gasteiger partial charge < -0.3 is 20.8 Å². The minimum absolute atomic E-state index is 0.171. The van der Waals surface area contributed by atoms with Crippen LogP contribution in [-0.4, -0.2) is 22.9 Å². The van der Waals surface area contributed by atoms with Gasteiger partial charge in [0, 0.05) is 24.2 Å². The molecule has 7 nitrogen and oxygen atoms in total. The van der Waals surface area contributed by atoms with E-state index in [0.717, 1.165) is 5.56 Å². The minimum Gasteiger partial charge on any atom is -0.467 e. The number of hydrogen-bond donors (Lipinski definition) is 3. The quantitative estimate of drug-likeness (QED) is 0.665. The third kappa shape index (κ3) is 3.52. The van der Waals surface area contributed by atoms with Gasteiger partial charge in [-0.3, -0.25) is 4.79 Å². The van der Waals surface area contributed by atoms with Crippen LogP contribution in [0.2, 0.25) is 0 Å². The number of amides is 1. The molecule has 0 aliphatic carbocycles. The van der Waals surface area contributed by atoms with Crippen molar-refractivity contribution in [2.45, 2.75) is 6.54 Å². The Morgan fingerprint density at radius 2 is 2.08 bits per heavy atom. The van der Waals surface area contributed by atoms with Crippen LogP contribution in [0.25, 0.3) is 11.3 Å². The molecule has 0 aliphatic heterocycles. The van der Waals surface area contributed by atoms with E-state index in [1.165, 1.54) is 0 Å². The van der Waals surface area contributed by atoms with Crippen LogP contribution in [-0.2, 0) is 6.54 Å². The van der Waals surface area contributed by atoms with Crippen molar-refractivity contribution in [3.8, 4) is 11.3 Å². The number of carbonyl (C=O) groups excluding carboxylic acids is 1. The number of carbonyl (C=O) groups is 1. The van der Waals surface area contributed by atoms with Gasteiger partial charge in [-0.2, -0.15) is 4.98 Å². The molecule has 0 saturated heterocycles. The van der Waals surface area contributed by atoms with Crippen molar-refractivity contribution in [3.05, 3.63) is 60.1 Å². The maximum Gasteiger partial charge on any atom is 0.251 e. The number of anilines is 2. The lowest BCUT2D eigenvalue weighted by Crippen LogP contribution is -2.22. The zero-order valence-corrected chi connectivity index (χ0v) is 13.1. The predicted molar refractivity (Wildman–Crippen MR) is 91.3 cm³/mol. The summed E-state index contributed by atoms with van der Waals surface area (Å²) in [5, 5.41) is 5.74. The van der Waals surface area contributed by atoms with Crippen LogP contribution in [0.5, 0.6) is 0 Å². The summed E-state index contributed by atoms with van der Waals surface area (Å²) in [6.07, 6.45) is 1.57. The maximum atomic E-state index is 12.3. The lowest BCUT2D eigenvalue weighted by atomic mass is 10.1. The van der Waals surface area contributed by atoms with Crippen molar-refractivity contribution >= 4 is 17.7 Å². The van der Waals surface area contributed by atoms with Crippen molar-refractivity contribution < 1.29 is 9.21 Å². The summed E-state index contributed by atoms with van der Waals surface area (Å²) in [5.41, 5.74) is 7.68. The number of benzene rings is 1. The van der Waals surface area contributed by atoms with E-state index < -0.39 is 0 Å². The smallest absolute Gasteiger partial charge is 0.251 e. The number of furan rings is 1. The van der Waals surface area contributed by atoms with E-state index in [4.69, 9.17) is 10.2 Å². The normalized spacial score (nSPS) is 10.4.